The number of halogens is 1. The molecule has 1 atom stereocenters. The van der Waals surface area contributed by atoms with Crippen LogP contribution in [0, 0.1) is 11.3 Å². The van der Waals surface area contributed by atoms with E-state index in [0.29, 0.717) is 17.9 Å². The molecule has 1 heterocycles. The Balaban J connectivity index is 2.10. The first kappa shape index (κ1) is 15.1. The smallest absolute Gasteiger partial charge is 0.323 e. The molecule has 1 aromatic carbocycles. The second-order valence-electron chi connectivity index (χ2n) is 6.46. The van der Waals surface area contributed by atoms with Crippen molar-refractivity contribution in [3.63, 3.8) is 0 Å². The summed E-state index contributed by atoms with van der Waals surface area (Å²) in [5, 5.41) is 1.58. The van der Waals surface area contributed by atoms with Gasteiger partial charge in [-0.25, -0.2) is 0 Å². The Kier molecular flexibility index (Phi) is 4.24. The van der Waals surface area contributed by atoms with E-state index in [0.717, 1.165) is 22.2 Å². The van der Waals surface area contributed by atoms with Crippen LogP contribution in [0.25, 0.3) is 10.9 Å². The average molecular weight is 381 g/mol. The van der Waals surface area contributed by atoms with Crippen LogP contribution in [-0.4, -0.2) is 30.1 Å². The second kappa shape index (κ2) is 7.31. The van der Waals surface area contributed by atoms with Crippen molar-refractivity contribution in [1.82, 2.24) is 4.98 Å². The van der Waals surface area contributed by atoms with Gasteiger partial charge in [-0.2, -0.15) is 0 Å². The number of esters is 2. The Morgan fingerprint density at radius 1 is 1.31 bits per heavy atom. The molecular weight excluding hydrogens is 354 g/mol. The Hall–Kier alpha value is -2.01. The highest BCUT2D eigenvalue weighted by Gasteiger charge is 2.51. The van der Waals surface area contributed by atoms with Gasteiger partial charge in [-0.1, -0.05) is 11.6 Å². The molecule has 0 saturated carbocycles. The molecular formula is C20H24ClNO4. The minimum atomic E-state index is -2.91. The summed E-state index contributed by atoms with van der Waals surface area (Å²) in [6.45, 7) is 0.183. The average Bonchev–Trinajstić information content (AvgIpc) is 2.98. The van der Waals surface area contributed by atoms with Gasteiger partial charge in [0.1, 0.15) is 0 Å². The number of hydrogen-bond acceptors (Lipinski definition) is 4. The molecule has 0 radical (unpaired) electrons. The minimum Gasteiger partial charge on any atom is -0.465 e. The molecule has 1 aromatic heterocycles. The highest BCUT2D eigenvalue weighted by atomic mass is 35.5. The van der Waals surface area contributed by atoms with E-state index >= 15 is 0 Å². The van der Waals surface area contributed by atoms with Gasteiger partial charge in [0.15, 0.2) is 5.41 Å². The minimum absolute atomic E-state index is 0.0288. The highest BCUT2D eigenvalue weighted by molar-refractivity contribution is 6.31. The summed E-state index contributed by atoms with van der Waals surface area (Å²) in [6, 6.07) is 5.49. The molecule has 2 aromatic rings. The van der Waals surface area contributed by atoms with Crippen LogP contribution in [0.5, 0.6) is 0 Å². The number of carbonyl (C=O) groups excluding carboxylic acids is 2. The van der Waals surface area contributed by atoms with E-state index in [9.17, 15) is 9.59 Å². The molecule has 0 fully saturated rings. The molecule has 26 heavy (non-hydrogen) atoms. The topological polar surface area (TPSA) is 68.4 Å². The van der Waals surface area contributed by atoms with E-state index in [-0.39, 0.29) is 19.6 Å². The molecule has 0 saturated heterocycles. The van der Waals surface area contributed by atoms with Crippen molar-refractivity contribution >= 4 is 34.4 Å². The molecule has 1 unspecified atom stereocenters. The largest absolute Gasteiger partial charge is 0.465 e. The lowest BCUT2D eigenvalue weighted by Crippen LogP contribution is -2.47. The quantitative estimate of drug-likeness (QED) is 0.627. The summed E-state index contributed by atoms with van der Waals surface area (Å²) in [6.07, 6.45) is 1.07. The molecule has 5 nitrogen and oxygen atoms in total. The summed E-state index contributed by atoms with van der Waals surface area (Å²) in [4.78, 5) is 29.2. The number of H-pyrrole nitrogens is 1. The van der Waals surface area contributed by atoms with Gasteiger partial charge in [-0.05, 0) is 69.6 Å². The first-order valence-corrected chi connectivity index (χ1v) is 9.18. The van der Waals surface area contributed by atoms with Gasteiger partial charge in [0, 0.05) is 25.7 Å². The SMILES string of the molecule is [2H]C([2H])([2H])C(C(=O)OCC)(C(=O)OCC)C1CCc2c([nH]c3ccc(Cl)cc23)C1. The van der Waals surface area contributed by atoms with Crippen LogP contribution in [-0.2, 0) is 31.9 Å². The summed E-state index contributed by atoms with van der Waals surface area (Å²) in [5.74, 6) is -2.89. The van der Waals surface area contributed by atoms with E-state index < -0.39 is 30.1 Å². The van der Waals surface area contributed by atoms with Crippen molar-refractivity contribution in [2.24, 2.45) is 11.3 Å². The maximum atomic E-state index is 12.9. The number of nitrogens with one attached hydrogen (secondary N) is 1. The van der Waals surface area contributed by atoms with Crippen molar-refractivity contribution in [1.29, 1.82) is 0 Å². The molecule has 6 heteroatoms. The summed E-state index contributed by atoms with van der Waals surface area (Å²) in [5.41, 5.74) is 0.351. The normalized spacial score (nSPS) is 19.2. The van der Waals surface area contributed by atoms with E-state index in [1.807, 2.05) is 12.1 Å². The van der Waals surface area contributed by atoms with Crippen LogP contribution in [0.4, 0.5) is 0 Å². The third-order valence-electron chi connectivity index (χ3n) is 4.96. The Bertz CT molecular complexity index is 920. The van der Waals surface area contributed by atoms with Crippen molar-refractivity contribution in [3.8, 4) is 0 Å². The van der Waals surface area contributed by atoms with Crippen molar-refractivity contribution < 1.29 is 23.2 Å². The number of benzene rings is 1. The maximum Gasteiger partial charge on any atom is 0.323 e. The van der Waals surface area contributed by atoms with Gasteiger partial charge in [0.2, 0.25) is 0 Å². The van der Waals surface area contributed by atoms with Gasteiger partial charge in [0.25, 0.3) is 0 Å². The zero-order valence-corrected chi connectivity index (χ0v) is 15.6. The van der Waals surface area contributed by atoms with Crippen LogP contribution < -0.4 is 0 Å². The predicted molar refractivity (Wildman–Crippen MR) is 100 cm³/mol. The summed E-state index contributed by atoms with van der Waals surface area (Å²) < 4.78 is 34.5. The predicted octanol–water partition coefficient (Wildman–Crippen LogP) is 4.06. The van der Waals surface area contributed by atoms with Gasteiger partial charge >= 0.3 is 11.9 Å². The van der Waals surface area contributed by atoms with Crippen LogP contribution in [0.15, 0.2) is 18.2 Å². The van der Waals surface area contributed by atoms with E-state index in [4.69, 9.17) is 25.2 Å². The van der Waals surface area contributed by atoms with Gasteiger partial charge < -0.3 is 14.5 Å². The van der Waals surface area contributed by atoms with Crippen LogP contribution in [0.1, 0.15) is 42.5 Å². The van der Waals surface area contributed by atoms with E-state index in [1.165, 1.54) is 0 Å². The molecule has 0 spiro atoms. The number of rotatable bonds is 5. The zero-order chi connectivity index (χ0) is 21.4. The molecule has 0 amide bonds. The highest BCUT2D eigenvalue weighted by Crippen LogP contribution is 2.42. The fraction of sp³-hybridized carbons (Fsp3) is 0.500. The van der Waals surface area contributed by atoms with Crippen LogP contribution in [0.3, 0.4) is 0 Å². The number of fused-ring (bicyclic) bond motifs is 3. The van der Waals surface area contributed by atoms with Crippen LogP contribution in [0.2, 0.25) is 5.02 Å². The molecule has 1 N–H and O–H groups in total. The molecule has 3 rings (SSSR count). The monoisotopic (exact) mass is 380 g/mol. The number of hydrogen-bond donors (Lipinski definition) is 1. The molecule has 0 aliphatic heterocycles. The lowest BCUT2D eigenvalue weighted by molar-refractivity contribution is -0.175. The van der Waals surface area contributed by atoms with Crippen molar-refractivity contribution in [2.45, 2.75) is 40.0 Å². The molecule has 0 bridgehead atoms. The Morgan fingerprint density at radius 2 is 2.00 bits per heavy atom. The van der Waals surface area contributed by atoms with Gasteiger partial charge in [-0.15, -0.1) is 0 Å². The Labute approximate surface area is 162 Å². The molecule has 1 aliphatic carbocycles. The van der Waals surface area contributed by atoms with Gasteiger partial charge in [0.05, 0.1) is 13.2 Å². The third-order valence-corrected chi connectivity index (χ3v) is 5.19. The molecule has 140 valence electrons. The number of aromatic nitrogens is 1. The molecule has 1 aliphatic rings. The van der Waals surface area contributed by atoms with Crippen molar-refractivity contribution in [3.05, 3.63) is 34.5 Å². The number of carbonyl (C=O) groups is 2. The number of aryl methyl sites for hydroxylation is 1. The van der Waals surface area contributed by atoms with Crippen molar-refractivity contribution in [2.75, 3.05) is 13.2 Å². The van der Waals surface area contributed by atoms with Crippen LogP contribution >= 0.6 is 11.6 Å². The summed E-state index contributed by atoms with van der Waals surface area (Å²) in [7, 11) is 0. The number of aromatic amines is 1. The van der Waals surface area contributed by atoms with Gasteiger partial charge in [-0.3, -0.25) is 9.59 Å². The first-order chi connectivity index (χ1) is 13.7. The first-order valence-electron chi connectivity index (χ1n) is 10.3. The Morgan fingerprint density at radius 3 is 2.62 bits per heavy atom. The second-order valence-corrected chi connectivity index (χ2v) is 6.90. The fourth-order valence-corrected chi connectivity index (χ4v) is 3.85. The standard InChI is InChI=1S/C20H24ClNO4/c1-4-25-18(23)20(3,19(24)26-5-2)12-6-8-14-15-11-13(21)7-9-16(15)22-17(14)10-12/h7,9,11-12,22H,4-6,8,10H2,1-3H3/i3D3. The number of ether oxygens (including phenoxy) is 2. The fourth-order valence-electron chi connectivity index (χ4n) is 3.68. The van der Waals surface area contributed by atoms with E-state index in [2.05, 4.69) is 4.98 Å². The maximum absolute atomic E-state index is 12.9. The zero-order valence-electron chi connectivity index (χ0n) is 17.9. The lowest BCUT2D eigenvalue weighted by Gasteiger charge is -2.35. The lowest BCUT2D eigenvalue weighted by atomic mass is 9.69. The third kappa shape index (κ3) is 3.09. The summed E-state index contributed by atoms with van der Waals surface area (Å²) >= 11 is 6.12. The van der Waals surface area contributed by atoms with E-state index in [1.54, 1.807) is 19.9 Å².